The van der Waals surface area contributed by atoms with Crippen molar-refractivity contribution < 1.29 is 9.90 Å². The van der Waals surface area contributed by atoms with Crippen molar-refractivity contribution >= 4 is 28.4 Å². The second-order valence-corrected chi connectivity index (χ2v) is 7.91. The van der Waals surface area contributed by atoms with Crippen LogP contribution in [0.25, 0.3) is 22.3 Å². The summed E-state index contributed by atoms with van der Waals surface area (Å²) >= 11 is 1.34. The third-order valence-electron chi connectivity index (χ3n) is 5.18. The molecule has 2 aromatic carbocycles. The van der Waals surface area contributed by atoms with Crippen molar-refractivity contribution in [2.24, 2.45) is 7.05 Å². The lowest BCUT2D eigenvalue weighted by Crippen LogP contribution is -2.07. The molecule has 0 amide bonds. The predicted molar refractivity (Wildman–Crippen MR) is 120 cm³/mol. The number of Topliss-reactive ketones (excluding diaryl/α,β-unsaturated/α-hetero) is 1. The minimum Gasteiger partial charge on any atom is -0.507 e. The Labute approximate surface area is 178 Å². The van der Waals surface area contributed by atoms with Crippen LogP contribution in [0, 0.1) is 6.92 Å². The van der Waals surface area contributed by atoms with Crippen LogP contribution in [0.1, 0.15) is 16.1 Å². The maximum absolute atomic E-state index is 13.1. The molecule has 0 bridgehead atoms. The average molecular weight is 419 g/mol. The largest absolute Gasteiger partial charge is 0.507 e. The van der Waals surface area contributed by atoms with E-state index in [0.717, 1.165) is 22.2 Å². The maximum atomic E-state index is 13.1. The Balaban J connectivity index is 1.63. The Hall–Kier alpha value is -3.32. The summed E-state index contributed by atoms with van der Waals surface area (Å²) in [6.07, 6.45) is 1.74. The van der Waals surface area contributed by atoms with Crippen molar-refractivity contribution in [3.8, 4) is 17.1 Å². The number of phenolic OH excluding ortho intramolecular Hbond substituents is 1. The van der Waals surface area contributed by atoms with E-state index in [2.05, 4.69) is 16.8 Å². The molecule has 0 radical (unpaired) electrons. The van der Waals surface area contributed by atoms with Gasteiger partial charge in [-0.1, -0.05) is 48.2 Å². The van der Waals surface area contributed by atoms with Crippen LogP contribution < -0.4 is 0 Å². The van der Waals surface area contributed by atoms with Crippen LogP contribution in [0.2, 0.25) is 0 Å². The highest BCUT2D eigenvalue weighted by atomic mass is 32.2. The van der Waals surface area contributed by atoms with E-state index in [1.54, 1.807) is 24.3 Å². The maximum Gasteiger partial charge on any atom is 0.192 e. The van der Waals surface area contributed by atoms with Crippen molar-refractivity contribution in [3.63, 3.8) is 0 Å². The zero-order valence-corrected chi connectivity index (χ0v) is 17.7. The Kier molecular flexibility index (Phi) is 5.46. The van der Waals surface area contributed by atoms with Gasteiger partial charge < -0.3 is 9.67 Å². The first-order chi connectivity index (χ1) is 14.5. The normalized spacial score (nSPS) is 11.1. The van der Waals surface area contributed by atoms with Gasteiger partial charge in [-0.15, -0.1) is 16.8 Å². The molecule has 0 spiro atoms. The molecule has 0 atom stereocenters. The number of allylic oxidation sites excluding steroid dienone is 1. The summed E-state index contributed by atoms with van der Waals surface area (Å²) in [5, 5.41) is 20.3. The van der Waals surface area contributed by atoms with E-state index in [1.807, 2.05) is 53.4 Å². The summed E-state index contributed by atoms with van der Waals surface area (Å²) in [6.45, 7) is 6.25. The SMILES string of the molecule is C=CCn1c(SCC(=O)c2c(C)n(C)c3ccccc23)nnc1-c1ccccc1O. The third-order valence-corrected chi connectivity index (χ3v) is 6.15. The van der Waals surface area contributed by atoms with E-state index < -0.39 is 0 Å². The summed E-state index contributed by atoms with van der Waals surface area (Å²) in [5.41, 5.74) is 3.33. The van der Waals surface area contributed by atoms with Gasteiger partial charge >= 0.3 is 0 Å². The van der Waals surface area contributed by atoms with Crippen LogP contribution >= 0.6 is 11.8 Å². The third kappa shape index (κ3) is 3.41. The minimum absolute atomic E-state index is 0.0477. The zero-order valence-electron chi connectivity index (χ0n) is 16.9. The monoisotopic (exact) mass is 418 g/mol. The smallest absolute Gasteiger partial charge is 0.192 e. The molecule has 4 rings (SSSR count). The van der Waals surface area contributed by atoms with Gasteiger partial charge in [0.25, 0.3) is 0 Å². The van der Waals surface area contributed by atoms with Crippen molar-refractivity contribution in [3.05, 3.63) is 72.4 Å². The van der Waals surface area contributed by atoms with Gasteiger partial charge in [0.1, 0.15) is 5.75 Å². The quantitative estimate of drug-likeness (QED) is 0.269. The second kappa shape index (κ2) is 8.20. The first-order valence-corrected chi connectivity index (χ1v) is 10.5. The number of aromatic hydroxyl groups is 1. The Bertz CT molecular complexity index is 1260. The number of ketones is 1. The molecule has 2 heterocycles. The second-order valence-electron chi connectivity index (χ2n) is 6.97. The van der Waals surface area contributed by atoms with Crippen LogP contribution in [-0.4, -0.2) is 36.0 Å². The number of thioether (sulfide) groups is 1. The number of rotatable bonds is 7. The van der Waals surface area contributed by atoms with Gasteiger partial charge in [-0.05, 0) is 25.1 Å². The summed E-state index contributed by atoms with van der Waals surface area (Å²) < 4.78 is 3.90. The first kappa shape index (κ1) is 20.0. The zero-order chi connectivity index (χ0) is 21.3. The number of carbonyl (C=O) groups excluding carboxylic acids is 1. The number of hydrogen-bond donors (Lipinski definition) is 1. The van der Waals surface area contributed by atoms with Crippen LogP contribution in [0.3, 0.4) is 0 Å². The molecule has 152 valence electrons. The van der Waals surface area contributed by atoms with Crippen molar-refractivity contribution in [2.75, 3.05) is 5.75 Å². The molecule has 4 aromatic rings. The Morgan fingerprint density at radius 1 is 1.17 bits per heavy atom. The van der Waals surface area contributed by atoms with Crippen LogP contribution in [-0.2, 0) is 13.6 Å². The molecule has 0 unspecified atom stereocenters. The van der Waals surface area contributed by atoms with Gasteiger partial charge in [-0.3, -0.25) is 9.36 Å². The first-order valence-electron chi connectivity index (χ1n) is 9.55. The van der Waals surface area contributed by atoms with E-state index in [9.17, 15) is 9.90 Å². The highest BCUT2D eigenvalue weighted by Crippen LogP contribution is 2.31. The molecule has 7 heteroatoms. The number of benzene rings is 2. The van der Waals surface area contributed by atoms with E-state index in [-0.39, 0.29) is 17.3 Å². The van der Waals surface area contributed by atoms with Crippen molar-refractivity contribution in [1.29, 1.82) is 0 Å². The molecule has 30 heavy (non-hydrogen) atoms. The predicted octanol–water partition coefficient (Wildman–Crippen LogP) is 4.61. The molecular formula is C23H22N4O2S. The number of hydrogen-bond acceptors (Lipinski definition) is 5. The van der Waals surface area contributed by atoms with Gasteiger partial charge in [0.15, 0.2) is 16.8 Å². The number of para-hydroxylation sites is 2. The Morgan fingerprint density at radius 3 is 2.67 bits per heavy atom. The molecule has 0 aliphatic carbocycles. The van der Waals surface area contributed by atoms with E-state index in [0.29, 0.717) is 23.1 Å². The number of phenols is 1. The minimum atomic E-state index is 0.0477. The number of nitrogens with zero attached hydrogens (tertiary/aromatic N) is 4. The number of carbonyl (C=O) groups is 1. The van der Waals surface area contributed by atoms with Crippen LogP contribution in [0.15, 0.2) is 66.3 Å². The molecule has 2 aromatic heterocycles. The standard InChI is InChI=1S/C23H22N4O2S/c1-4-13-27-22(17-10-6-8-12-19(17)28)24-25-23(27)30-14-20(29)21-15(2)26(3)18-11-7-5-9-16(18)21/h4-12,28H,1,13-14H2,2-3H3. The Morgan fingerprint density at radius 2 is 1.90 bits per heavy atom. The molecular weight excluding hydrogens is 396 g/mol. The highest BCUT2D eigenvalue weighted by Gasteiger charge is 2.21. The van der Waals surface area contributed by atoms with Crippen LogP contribution in [0.4, 0.5) is 0 Å². The molecule has 0 fully saturated rings. The van der Waals surface area contributed by atoms with E-state index in [1.165, 1.54) is 11.8 Å². The topological polar surface area (TPSA) is 72.9 Å². The number of aromatic nitrogens is 4. The molecule has 0 aliphatic heterocycles. The lowest BCUT2D eigenvalue weighted by molar-refractivity contribution is 0.102. The summed E-state index contributed by atoms with van der Waals surface area (Å²) in [6, 6.07) is 14.9. The molecule has 0 aliphatic rings. The summed E-state index contributed by atoms with van der Waals surface area (Å²) in [4.78, 5) is 13.1. The highest BCUT2D eigenvalue weighted by molar-refractivity contribution is 7.99. The average Bonchev–Trinajstić information content (AvgIpc) is 3.26. The fourth-order valence-electron chi connectivity index (χ4n) is 3.63. The van der Waals surface area contributed by atoms with Crippen LogP contribution in [0.5, 0.6) is 5.75 Å². The lowest BCUT2D eigenvalue weighted by atomic mass is 10.1. The summed E-state index contributed by atoms with van der Waals surface area (Å²) in [5.74, 6) is 0.968. The van der Waals surface area contributed by atoms with Crippen molar-refractivity contribution in [1.82, 2.24) is 19.3 Å². The molecule has 6 nitrogen and oxygen atoms in total. The molecule has 1 N–H and O–H groups in total. The number of fused-ring (bicyclic) bond motifs is 1. The molecule has 0 saturated carbocycles. The summed E-state index contributed by atoms with van der Waals surface area (Å²) in [7, 11) is 1.97. The van der Waals surface area contributed by atoms with Gasteiger partial charge in [0.2, 0.25) is 0 Å². The fourth-order valence-corrected chi connectivity index (χ4v) is 4.45. The fraction of sp³-hybridized carbons (Fsp3) is 0.174. The van der Waals surface area contributed by atoms with Gasteiger partial charge in [-0.2, -0.15) is 0 Å². The number of aryl methyl sites for hydroxylation is 1. The van der Waals surface area contributed by atoms with Gasteiger partial charge in [0.05, 0.1) is 11.3 Å². The van der Waals surface area contributed by atoms with E-state index in [4.69, 9.17) is 0 Å². The lowest BCUT2D eigenvalue weighted by Gasteiger charge is -2.09. The van der Waals surface area contributed by atoms with Gasteiger partial charge in [-0.25, -0.2) is 0 Å². The molecule has 0 saturated heterocycles. The van der Waals surface area contributed by atoms with Gasteiger partial charge in [0, 0.05) is 35.8 Å². The van der Waals surface area contributed by atoms with E-state index >= 15 is 0 Å². The van der Waals surface area contributed by atoms with Crippen molar-refractivity contribution in [2.45, 2.75) is 18.6 Å².